The molecule has 96 valence electrons. The summed E-state index contributed by atoms with van der Waals surface area (Å²) in [6.07, 6.45) is 4.01. The predicted molar refractivity (Wildman–Crippen MR) is 83.9 cm³/mol. The van der Waals surface area contributed by atoms with Crippen LogP contribution in [0.15, 0.2) is 40.9 Å². The standard InChI is InChI=1S/C14H12N2OS2/c1-15-10-6-4-3-5-9(10)7-8-11(15)12-13(17)16(2)14(18)19-12/h3-8H,1-2H3. The minimum Gasteiger partial charge on any atom is -0.343 e. The summed E-state index contributed by atoms with van der Waals surface area (Å²) in [5.41, 5.74) is 3.16. The highest BCUT2D eigenvalue weighted by atomic mass is 32.2. The highest BCUT2D eigenvalue weighted by Gasteiger charge is 2.33. The van der Waals surface area contributed by atoms with Gasteiger partial charge in [0, 0.05) is 19.8 Å². The first-order valence-corrected chi connectivity index (χ1v) is 7.07. The van der Waals surface area contributed by atoms with E-state index in [4.69, 9.17) is 12.2 Å². The second-order valence-corrected chi connectivity index (χ2v) is 6.04. The van der Waals surface area contributed by atoms with Crippen LogP contribution in [0.3, 0.4) is 0 Å². The van der Waals surface area contributed by atoms with E-state index >= 15 is 0 Å². The van der Waals surface area contributed by atoms with Crippen LogP contribution >= 0.6 is 24.0 Å². The molecule has 2 aliphatic rings. The van der Waals surface area contributed by atoms with Crippen LogP contribution in [0.25, 0.3) is 6.08 Å². The SMILES string of the molecule is CN1C(=O)C(=C2C=Cc3ccccc3N2C)SC1=S. The molecule has 1 aromatic rings. The molecule has 1 saturated heterocycles. The van der Waals surface area contributed by atoms with Crippen LogP contribution in [-0.2, 0) is 4.79 Å². The number of carbonyl (C=O) groups excluding carboxylic acids is 1. The van der Waals surface area contributed by atoms with Crippen molar-refractivity contribution in [2.45, 2.75) is 0 Å². The summed E-state index contributed by atoms with van der Waals surface area (Å²) < 4.78 is 0.605. The highest BCUT2D eigenvalue weighted by Crippen LogP contribution is 2.38. The number of hydrogen-bond acceptors (Lipinski definition) is 4. The quantitative estimate of drug-likeness (QED) is 0.541. The average Bonchev–Trinajstić information content (AvgIpc) is 2.67. The van der Waals surface area contributed by atoms with Gasteiger partial charge >= 0.3 is 0 Å². The molecule has 0 aliphatic carbocycles. The van der Waals surface area contributed by atoms with Crippen molar-refractivity contribution in [1.29, 1.82) is 0 Å². The zero-order chi connectivity index (χ0) is 13.6. The second kappa shape index (κ2) is 4.51. The summed E-state index contributed by atoms with van der Waals surface area (Å²) in [5, 5.41) is 0. The van der Waals surface area contributed by atoms with E-state index in [-0.39, 0.29) is 5.91 Å². The first-order valence-electron chi connectivity index (χ1n) is 5.84. The Labute approximate surface area is 121 Å². The molecular formula is C14H12N2OS2. The van der Waals surface area contributed by atoms with Crippen LogP contribution in [0.4, 0.5) is 5.69 Å². The number of nitrogens with zero attached hydrogens (tertiary/aromatic N) is 2. The van der Waals surface area contributed by atoms with Crippen molar-refractivity contribution in [3.05, 3.63) is 46.5 Å². The molecule has 0 unspecified atom stereocenters. The molecule has 2 aliphatic heterocycles. The Balaban J connectivity index is 2.10. The summed E-state index contributed by atoms with van der Waals surface area (Å²) in [4.78, 5) is 16.4. The Hall–Kier alpha value is -1.59. The molecule has 0 aromatic heterocycles. The molecular weight excluding hydrogens is 276 g/mol. The van der Waals surface area contributed by atoms with Crippen molar-refractivity contribution < 1.29 is 4.79 Å². The summed E-state index contributed by atoms with van der Waals surface area (Å²) in [7, 11) is 3.69. The number of thioether (sulfide) groups is 1. The van der Waals surface area contributed by atoms with Crippen LogP contribution in [0.5, 0.6) is 0 Å². The van der Waals surface area contributed by atoms with Crippen molar-refractivity contribution in [1.82, 2.24) is 4.90 Å². The third-order valence-corrected chi connectivity index (χ3v) is 4.84. The molecule has 0 saturated carbocycles. The third-order valence-electron chi connectivity index (χ3n) is 3.27. The van der Waals surface area contributed by atoms with E-state index in [0.717, 1.165) is 16.9 Å². The maximum atomic E-state index is 12.2. The molecule has 19 heavy (non-hydrogen) atoms. The molecule has 3 nitrogen and oxygen atoms in total. The van der Waals surface area contributed by atoms with Gasteiger partial charge in [-0.15, -0.1) is 0 Å². The number of benzene rings is 1. The summed E-state index contributed by atoms with van der Waals surface area (Å²) in [5.74, 6) is -0.0270. The number of anilines is 1. The van der Waals surface area contributed by atoms with Crippen molar-refractivity contribution in [3.8, 4) is 0 Å². The lowest BCUT2D eigenvalue weighted by Gasteiger charge is -2.27. The van der Waals surface area contributed by atoms with Gasteiger partial charge in [-0.1, -0.05) is 48.3 Å². The van der Waals surface area contributed by atoms with E-state index in [1.807, 2.05) is 42.3 Å². The lowest BCUT2D eigenvalue weighted by molar-refractivity contribution is -0.121. The molecule has 1 aromatic carbocycles. The van der Waals surface area contributed by atoms with E-state index in [1.165, 1.54) is 16.7 Å². The summed E-state index contributed by atoms with van der Waals surface area (Å²) in [6.45, 7) is 0. The zero-order valence-corrected chi connectivity index (χ0v) is 12.2. The van der Waals surface area contributed by atoms with E-state index in [0.29, 0.717) is 9.23 Å². The summed E-state index contributed by atoms with van der Waals surface area (Å²) in [6, 6.07) is 8.11. The van der Waals surface area contributed by atoms with Crippen molar-refractivity contribution >= 4 is 46.0 Å². The molecule has 5 heteroatoms. The first-order chi connectivity index (χ1) is 9.09. The Bertz CT molecular complexity index is 649. The maximum absolute atomic E-state index is 12.2. The van der Waals surface area contributed by atoms with E-state index in [9.17, 15) is 4.79 Å². The topological polar surface area (TPSA) is 23.6 Å². The van der Waals surface area contributed by atoms with Gasteiger partial charge in [-0.3, -0.25) is 9.69 Å². The zero-order valence-electron chi connectivity index (χ0n) is 10.6. The Kier molecular flexibility index (Phi) is 2.95. The van der Waals surface area contributed by atoms with Gasteiger partial charge in [0.25, 0.3) is 5.91 Å². The molecule has 0 bridgehead atoms. The largest absolute Gasteiger partial charge is 0.343 e. The normalized spacial score (nSPS) is 22.2. The number of amides is 1. The number of carbonyl (C=O) groups is 1. The molecule has 0 spiro atoms. The first kappa shape index (κ1) is 12.4. The second-order valence-electron chi connectivity index (χ2n) is 4.40. The van der Waals surface area contributed by atoms with Gasteiger partial charge in [0.1, 0.15) is 9.23 Å². The Morgan fingerprint density at radius 2 is 1.84 bits per heavy atom. The van der Waals surface area contributed by atoms with Gasteiger partial charge in [0.2, 0.25) is 0 Å². The fourth-order valence-electron chi connectivity index (χ4n) is 2.17. The Morgan fingerprint density at radius 1 is 1.11 bits per heavy atom. The van der Waals surface area contributed by atoms with Crippen molar-refractivity contribution in [2.24, 2.45) is 0 Å². The number of fused-ring (bicyclic) bond motifs is 1. The number of likely N-dealkylation sites (N-methyl/N-ethyl adjacent to an activating group) is 2. The molecule has 2 heterocycles. The molecule has 3 rings (SSSR count). The number of hydrogen-bond donors (Lipinski definition) is 0. The molecule has 0 atom stereocenters. The number of allylic oxidation sites excluding steroid dienone is 1. The van der Waals surface area contributed by atoms with Gasteiger partial charge < -0.3 is 4.90 Å². The van der Waals surface area contributed by atoms with Crippen LogP contribution in [0, 0.1) is 0 Å². The predicted octanol–water partition coefficient (Wildman–Crippen LogP) is 2.85. The molecule has 0 N–H and O–H groups in total. The maximum Gasteiger partial charge on any atom is 0.268 e. The van der Waals surface area contributed by atoms with Gasteiger partial charge in [0.05, 0.1) is 5.70 Å². The van der Waals surface area contributed by atoms with Crippen molar-refractivity contribution in [2.75, 3.05) is 19.0 Å². The molecule has 1 fully saturated rings. The van der Waals surface area contributed by atoms with Crippen LogP contribution in [0.2, 0.25) is 0 Å². The number of thiocarbonyl (C=S) groups is 1. The lowest BCUT2D eigenvalue weighted by Crippen LogP contribution is -2.25. The van der Waals surface area contributed by atoms with Gasteiger partial charge in [-0.25, -0.2) is 0 Å². The number of rotatable bonds is 0. The summed E-state index contributed by atoms with van der Waals surface area (Å²) >= 11 is 6.53. The van der Waals surface area contributed by atoms with Crippen LogP contribution in [-0.4, -0.2) is 29.2 Å². The lowest BCUT2D eigenvalue weighted by atomic mass is 10.1. The monoisotopic (exact) mass is 288 g/mol. The van der Waals surface area contributed by atoms with E-state index in [1.54, 1.807) is 7.05 Å². The molecule has 1 amide bonds. The van der Waals surface area contributed by atoms with Crippen LogP contribution < -0.4 is 4.90 Å². The van der Waals surface area contributed by atoms with E-state index < -0.39 is 0 Å². The smallest absolute Gasteiger partial charge is 0.268 e. The number of para-hydroxylation sites is 1. The van der Waals surface area contributed by atoms with Gasteiger partial charge in [-0.2, -0.15) is 0 Å². The highest BCUT2D eigenvalue weighted by molar-refractivity contribution is 8.26. The Morgan fingerprint density at radius 3 is 2.53 bits per heavy atom. The fourth-order valence-corrected chi connectivity index (χ4v) is 3.43. The van der Waals surface area contributed by atoms with Crippen LogP contribution in [0.1, 0.15) is 5.56 Å². The minimum atomic E-state index is -0.0270. The third kappa shape index (κ3) is 1.89. The minimum absolute atomic E-state index is 0.0270. The van der Waals surface area contributed by atoms with Crippen molar-refractivity contribution in [3.63, 3.8) is 0 Å². The van der Waals surface area contributed by atoms with E-state index in [2.05, 4.69) is 6.07 Å². The van der Waals surface area contributed by atoms with Gasteiger partial charge in [0.15, 0.2) is 0 Å². The molecule has 0 radical (unpaired) electrons. The van der Waals surface area contributed by atoms with Gasteiger partial charge in [-0.05, 0) is 17.7 Å². The average molecular weight is 288 g/mol. The fraction of sp³-hybridized carbons (Fsp3) is 0.143.